The third-order valence-corrected chi connectivity index (χ3v) is 4.89. The van der Waals surface area contributed by atoms with Crippen LogP contribution in [0.25, 0.3) is 0 Å². The van der Waals surface area contributed by atoms with Gasteiger partial charge in [0.1, 0.15) is 5.82 Å². The van der Waals surface area contributed by atoms with Gasteiger partial charge in [0.15, 0.2) is 0 Å². The van der Waals surface area contributed by atoms with E-state index in [1.807, 2.05) is 12.1 Å². The summed E-state index contributed by atoms with van der Waals surface area (Å²) < 4.78 is 14.2. The minimum absolute atomic E-state index is 0.159. The quantitative estimate of drug-likeness (QED) is 0.851. The second kappa shape index (κ2) is 6.54. The molecule has 1 unspecified atom stereocenters. The fourth-order valence-electron chi connectivity index (χ4n) is 2.99. The van der Waals surface area contributed by atoms with Crippen LogP contribution in [-0.4, -0.2) is 30.6 Å². The number of rotatable bonds is 6. The Hall–Kier alpha value is -0.450. The summed E-state index contributed by atoms with van der Waals surface area (Å²) in [4.78, 5) is 2.50. The molecule has 1 aromatic carbocycles. The maximum absolute atomic E-state index is 13.6. The van der Waals surface area contributed by atoms with E-state index >= 15 is 0 Å². The van der Waals surface area contributed by atoms with Gasteiger partial charge in [0, 0.05) is 25.7 Å². The van der Waals surface area contributed by atoms with E-state index in [-0.39, 0.29) is 5.82 Å². The molecule has 2 nitrogen and oxygen atoms in total. The molecule has 1 aliphatic carbocycles. The molecule has 1 atom stereocenters. The molecule has 1 aliphatic heterocycles. The summed E-state index contributed by atoms with van der Waals surface area (Å²) in [6, 6.07) is 6.11. The second-order valence-electron chi connectivity index (χ2n) is 6.18. The zero-order chi connectivity index (χ0) is 13.9. The van der Waals surface area contributed by atoms with E-state index in [9.17, 15) is 4.39 Å². The Labute approximate surface area is 128 Å². The molecule has 0 spiro atoms. The van der Waals surface area contributed by atoms with E-state index in [2.05, 4.69) is 26.1 Å². The van der Waals surface area contributed by atoms with E-state index in [1.165, 1.54) is 25.7 Å². The number of halogens is 2. The van der Waals surface area contributed by atoms with Gasteiger partial charge in [-0.2, -0.15) is 0 Å². The van der Waals surface area contributed by atoms with Crippen molar-refractivity contribution < 1.29 is 4.39 Å². The molecule has 0 amide bonds. The molecular weight excluding hydrogens is 319 g/mol. The van der Waals surface area contributed by atoms with Gasteiger partial charge < -0.3 is 5.32 Å². The lowest BCUT2D eigenvalue weighted by Gasteiger charge is -2.26. The molecule has 4 heteroatoms. The first kappa shape index (κ1) is 14.5. The van der Waals surface area contributed by atoms with Gasteiger partial charge in [-0.25, -0.2) is 4.39 Å². The summed E-state index contributed by atoms with van der Waals surface area (Å²) in [5.74, 6) is 0.713. The molecule has 0 radical (unpaired) electrons. The van der Waals surface area contributed by atoms with Crippen molar-refractivity contribution in [3.05, 3.63) is 34.1 Å². The first-order valence-electron chi connectivity index (χ1n) is 7.60. The van der Waals surface area contributed by atoms with Gasteiger partial charge in [0.05, 0.1) is 4.47 Å². The predicted octanol–water partition coefficient (Wildman–Crippen LogP) is 3.55. The molecule has 1 saturated carbocycles. The molecule has 1 N–H and O–H groups in total. The third-order valence-electron chi connectivity index (χ3n) is 4.24. The summed E-state index contributed by atoms with van der Waals surface area (Å²) >= 11 is 3.22. The maximum Gasteiger partial charge on any atom is 0.137 e. The van der Waals surface area contributed by atoms with Crippen molar-refractivity contribution in [1.29, 1.82) is 0 Å². The van der Waals surface area contributed by atoms with Crippen LogP contribution in [0.15, 0.2) is 22.7 Å². The Kier molecular flexibility index (Phi) is 4.74. The van der Waals surface area contributed by atoms with Crippen LogP contribution in [0.4, 0.5) is 4.39 Å². The average Bonchev–Trinajstić information content (AvgIpc) is 3.08. The molecule has 20 heavy (non-hydrogen) atoms. The predicted molar refractivity (Wildman–Crippen MR) is 83.1 cm³/mol. The van der Waals surface area contributed by atoms with Gasteiger partial charge in [0.2, 0.25) is 0 Å². The lowest BCUT2D eigenvalue weighted by Crippen LogP contribution is -2.38. The van der Waals surface area contributed by atoms with Crippen LogP contribution in [0.5, 0.6) is 0 Å². The fourth-order valence-corrected chi connectivity index (χ4v) is 3.24. The van der Waals surface area contributed by atoms with Gasteiger partial charge in [-0.1, -0.05) is 6.07 Å². The zero-order valence-electron chi connectivity index (χ0n) is 11.7. The van der Waals surface area contributed by atoms with Gasteiger partial charge in [-0.15, -0.1) is 0 Å². The molecule has 110 valence electrons. The first-order valence-corrected chi connectivity index (χ1v) is 8.39. The molecular formula is C16H22BrFN2. The topological polar surface area (TPSA) is 15.3 Å². The second-order valence-corrected chi connectivity index (χ2v) is 7.03. The van der Waals surface area contributed by atoms with Crippen LogP contribution in [0.3, 0.4) is 0 Å². The van der Waals surface area contributed by atoms with Crippen LogP contribution in [0.2, 0.25) is 0 Å². The van der Waals surface area contributed by atoms with E-state index in [0.29, 0.717) is 10.5 Å². The van der Waals surface area contributed by atoms with E-state index in [4.69, 9.17) is 0 Å². The van der Waals surface area contributed by atoms with Crippen molar-refractivity contribution in [2.24, 2.45) is 5.92 Å². The van der Waals surface area contributed by atoms with Crippen molar-refractivity contribution in [3.8, 4) is 0 Å². The summed E-state index contributed by atoms with van der Waals surface area (Å²) in [6.07, 6.45) is 5.29. The van der Waals surface area contributed by atoms with Crippen molar-refractivity contribution in [3.63, 3.8) is 0 Å². The Morgan fingerprint density at radius 3 is 2.75 bits per heavy atom. The highest BCUT2D eigenvalue weighted by molar-refractivity contribution is 9.10. The zero-order valence-corrected chi connectivity index (χ0v) is 13.3. The van der Waals surface area contributed by atoms with Crippen LogP contribution < -0.4 is 5.32 Å². The highest BCUT2D eigenvalue weighted by Gasteiger charge is 2.26. The highest BCUT2D eigenvalue weighted by Crippen LogP contribution is 2.30. The van der Waals surface area contributed by atoms with Gasteiger partial charge in [-0.05, 0) is 71.8 Å². The normalized spacial score (nSPS) is 22.6. The third kappa shape index (κ3) is 4.03. The van der Waals surface area contributed by atoms with Crippen molar-refractivity contribution in [2.75, 3.05) is 19.6 Å². The average molecular weight is 341 g/mol. The van der Waals surface area contributed by atoms with E-state index in [0.717, 1.165) is 37.7 Å². The lowest BCUT2D eigenvalue weighted by atomic mass is 10.1. The summed E-state index contributed by atoms with van der Waals surface area (Å²) in [7, 11) is 0. The molecule has 0 aromatic heterocycles. The smallest absolute Gasteiger partial charge is 0.137 e. The van der Waals surface area contributed by atoms with Gasteiger partial charge >= 0.3 is 0 Å². The number of benzene rings is 1. The standard InChI is InChI=1S/C16H22BrFN2/c17-15-6-5-13(8-16(15)18)10-20(9-12-3-4-12)11-14-2-1-7-19-14/h5-6,8,12,14,19H,1-4,7,9-11H2. The van der Waals surface area contributed by atoms with Gasteiger partial charge in [0.25, 0.3) is 0 Å². The highest BCUT2D eigenvalue weighted by atomic mass is 79.9. The van der Waals surface area contributed by atoms with Crippen molar-refractivity contribution >= 4 is 15.9 Å². The monoisotopic (exact) mass is 340 g/mol. The Balaban J connectivity index is 1.62. The maximum atomic E-state index is 13.6. The van der Waals surface area contributed by atoms with Crippen molar-refractivity contribution in [2.45, 2.75) is 38.3 Å². The molecule has 2 fully saturated rings. The number of nitrogens with zero attached hydrogens (tertiary/aromatic N) is 1. The molecule has 1 heterocycles. The van der Waals surface area contributed by atoms with Crippen LogP contribution in [-0.2, 0) is 6.54 Å². The number of nitrogens with one attached hydrogen (secondary N) is 1. The molecule has 3 rings (SSSR count). The largest absolute Gasteiger partial charge is 0.313 e. The van der Waals surface area contributed by atoms with Crippen LogP contribution in [0, 0.1) is 11.7 Å². The number of hydrogen-bond acceptors (Lipinski definition) is 2. The van der Waals surface area contributed by atoms with Crippen LogP contribution in [0.1, 0.15) is 31.2 Å². The fraction of sp³-hybridized carbons (Fsp3) is 0.625. The molecule has 1 aromatic rings. The minimum Gasteiger partial charge on any atom is -0.313 e. The Bertz CT molecular complexity index is 456. The summed E-state index contributed by atoms with van der Waals surface area (Å²) in [6.45, 7) is 4.26. The van der Waals surface area contributed by atoms with E-state index in [1.54, 1.807) is 6.07 Å². The van der Waals surface area contributed by atoms with Crippen LogP contribution >= 0.6 is 15.9 Å². The van der Waals surface area contributed by atoms with E-state index < -0.39 is 0 Å². The SMILES string of the molecule is Fc1cc(CN(CC2CC2)CC2CCCN2)ccc1Br. The first-order chi connectivity index (χ1) is 9.70. The molecule has 2 aliphatic rings. The van der Waals surface area contributed by atoms with Crippen molar-refractivity contribution in [1.82, 2.24) is 10.2 Å². The molecule has 0 bridgehead atoms. The number of hydrogen-bond donors (Lipinski definition) is 1. The lowest BCUT2D eigenvalue weighted by molar-refractivity contribution is 0.231. The Morgan fingerprint density at radius 2 is 2.10 bits per heavy atom. The van der Waals surface area contributed by atoms with Gasteiger partial charge in [-0.3, -0.25) is 4.90 Å². The summed E-state index contributed by atoms with van der Waals surface area (Å²) in [5, 5.41) is 3.56. The minimum atomic E-state index is -0.159. The summed E-state index contributed by atoms with van der Waals surface area (Å²) in [5.41, 5.74) is 1.07. The molecule has 1 saturated heterocycles. The Morgan fingerprint density at radius 1 is 1.25 bits per heavy atom.